The van der Waals surface area contributed by atoms with Crippen LogP contribution in [0, 0.1) is 0 Å². The first-order chi connectivity index (χ1) is 8.51. The summed E-state index contributed by atoms with van der Waals surface area (Å²) in [4.78, 5) is 25.9. The molecular formula is C10H12N2O6. The molecule has 0 aliphatic heterocycles. The van der Waals surface area contributed by atoms with Crippen molar-refractivity contribution in [3.05, 3.63) is 18.0 Å². The number of carbonyl (C=O) groups excluding carboxylic acids is 1. The van der Waals surface area contributed by atoms with E-state index in [1.165, 1.54) is 19.4 Å². The minimum atomic E-state index is -1.47. The highest BCUT2D eigenvalue weighted by Crippen LogP contribution is 2.27. The molecule has 1 rings (SSSR count). The van der Waals surface area contributed by atoms with Gasteiger partial charge >= 0.3 is 5.97 Å². The Morgan fingerprint density at radius 3 is 2.72 bits per heavy atom. The van der Waals surface area contributed by atoms with Crippen molar-refractivity contribution in [1.82, 2.24) is 10.3 Å². The number of aliphatic carboxylic acids is 1. The number of hydrogen-bond acceptors (Lipinski definition) is 6. The molecule has 0 aliphatic carbocycles. The van der Waals surface area contributed by atoms with Crippen LogP contribution in [-0.4, -0.2) is 51.9 Å². The number of nitrogens with one attached hydrogen (secondary N) is 1. The van der Waals surface area contributed by atoms with E-state index < -0.39 is 30.3 Å². The minimum absolute atomic E-state index is 0.0334. The number of amides is 1. The molecule has 8 heteroatoms. The molecule has 0 fully saturated rings. The number of pyridine rings is 1. The monoisotopic (exact) mass is 256 g/mol. The van der Waals surface area contributed by atoms with Crippen LogP contribution in [0.3, 0.4) is 0 Å². The molecule has 0 saturated heterocycles. The van der Waals surface area contributed by atoms with E-state index in [4.69, 9.17) is 14.9 Å². The first-order valence-corrected chi connectivity index (χ1v) is 4.87. The third-order valence-corrected chi connectivity index (χ3v) is 2.11. The fourth-order valence-corrected chi connectivity index (χ4v) is 1.18. The number of ether oxygens (including phenoxy) is 1. The van der Waals surface area contributed by atoms with Crippen LogP contribution in [0.2, 0.25) is 0 Å². The molecule has 18 heavy (non-hydrogen) atoms. The smallest absolute Gasteiger partial charge is 0.328 e. The molecule has 1 amide bonds. The molecule has 4 N–H and O–H groups in total. The van der Waals surface area contributed by atoms with Crippen molar-refractivity contribution in [3.63, 3.8) is 0 Å². The lowest BCUT2D eigenvalue weighted by Crippen LogP contribution is -2.43. The van der Waals surface area contributed by atoms with E-state index in [9.17, 15) is 14.7 Å². The summed E-state index contributed by atoms with van der Waals surface area (Å²) in [5, 5.41) is 29.0. The van der Waals surface area contributed by atoms with Gasteiger partial charge in [0.1, 0.15) is 0 Å². The molecule has 0 unspecified atom stereocenters. The Balaban J connectivity index is 2.94. The molecule has 0 radical (unpaired) electrons. The summed E-state index contributed by atoms with van der Waals surface area (Å²) in [6, 6.07) is -0.128. The fraction of sp³-hybridized carbons (Fsp3) is 0.300. The van der Waals surface area contributed by atoms with Gasteiger partial charge in [-0.3, -0.25) is 4.79 Å². The van der Waals surface area contributed by atoms with Gasteiger partial charge in [0.25, 0.3) is 5.91 Å². The van der Waals surface area contributed by atoms with Gasteiger partial charge in [-0.2, -0.15) is 0 Å². The van der Waals surface area contributed by atoms with Gasteiger partial charge in [0, 0.05) is 12.3 Å². The quantitative estimate of drug-likeness (QED) is 0.530. The van der Waals surface area contributed by atoms with Crippen molar-refractivity contribution < 1.29 is 29.6 Å². The number of carboxylic acids is 1. The van der Waals surface area contributed by atoms with Gasteiger partial charge in [0.2, 0.25) is 0 Å². The number of rotatable bonds is 5. The normalized spacial score (nSPS) is 11.7. The summed E-state index contributed by atoms with van der Waals surface area (Å²) in [5.74, 6) is -2.79. The summed E-state index contributed by atoms with van der Waals surface area (Å²) in [6.07, 6.45) is 1.22. The van der Waals surface area contributed by atoms with Gasteiger partial charge in [0.05, 0.1) is 13.7 Å². The lowest BCUT2D eigenvalue weighted by molar-refractivity contribution is -0.140. The van der Waals surface area contributed by atoms with Crippen molar-refractivity contribution in [2.45, 2.75) is 6.04 Å². The highest BCUT2D eigenvalue weighted by molar-refractivity contribution is 5.97. The molecular weight excluding hydrogens is 244 g/mol. The Morgan fingerprint density at radius 1 is 1.56 bits per heavy atom. The molecule has 1 aromatic rings. The van der Waals surface area contributed by atoms with Crippen LogP contribution >= 0.6 is 0 Å². The first-order valence-electron chi connectivity index (χ1n) is 4.87. The van der Waals surface area contributed by atoms with Crippen LogP contribution in [0.1, 0.15) is 10.5 Å². The first kappa shape index (κ1) is 13.7. The molecule has 0 bridgehead atoms. The van der Waals surface area contributed by atoms with Crippen LogP contribution in [0.25, 0.3) is 0 Å². The number of hydrogen-bond donors (Lipinski definition) is 4. The number of aliphatic hydroxyl groups is 1. The zero-order valence-corrected chi connectivity index (χ0v) is 9.45. The highest BCUT2D eigenvalue weighted by Gasteiger charge is 2.23. The Labute approximate surface area is 102 Å². The van der Waals surface area contributed by atoms with Crippen LogP contribution < -0.4 is 10.1 Å². The van der Waals surface area contributed by atoms with E-state index in [0.29, 0.717) is 0 Å². The molecule has 0 spiro atoms. The molecule has 8 nitrogen and oxygen atoms in total. The molecule has 1 atom stereocenters. The predicted molar refractivity (Wildman–Crippen MR) is 58.4 cm³/mol. The van der Waals surface area contributed by atoms with Gasteiger partial charge in [-0.05, 0) is 0 Å². The summed E-state index contributed by atoms with van der Waals surface area (Å²) in [5.41, 5.74) is -0.381. The molecule has 98 valence electrons. The predicted octanol–water partition coefficient (Wildman–Crippen LogP) is -1.03. The number of carbonyl (C=O) groups is 2. The topological polar surface area (TPSA) is 129 Å². The maximum absolute atomic E-state index is 11.6. The number of aliphatic hydroxyl groups excluding tert-OH is 1. The third-order valence-electron chi connectivity index (χ3n) is 2.11. The second kappa shape index (κ2) is 5.82. The zero-order chi connectivity index (χ0) is 13.7. The summed E-state index contributed by atoms with van der Waals surface area (Å²) < 4.78 is 4.78. The lowest BCUT2D eigenvalue weighted by Gasteiger charge is -2.12. The number of aromatic hydroxyl groups is 1. The van der Waals surface area contributed by atoms with Gasteiger partial charge in [-0.15, -0.1) is 0 Å². The second-order valence-electron chi connectivity index (χ2n) is 3.26. The third kappa shape index (κ3) is 2.86. The Kier molecular flexibility index (Phi) is 4.44. The summed E-state index contributed by atoms with van der Waals surface area (Å²) in [7, 11) is 1.30. The van der Waals surface area contributed by atoms with E-state index in [1.54, 1.807) is 0 Å². The van der Waals surface area contributed by atoms with Crippen LogP contribution in [0.4, 0.5) is 0 Å². The van der Waals surface area contributed by atoms with Crippen molar-refractivity contribution >= 4 is 11.9 Å². The van der Waals surface area contributed by atoms with Gasteiger partial charge < -0.3 is 25.4 Å². The molecule has 1 heterocycles. The zero-order valence-electron chi connectivity index (χ0n) is 9.45. The average Bonchev–Trinajstić information content (AvgIpc) is 2.35. The number of nitrogens with zero attached hydrogens (tertiary/aromatic N) is 1. The number of carboxylic acid groups (broad SMARTS) is 1. The Morgan fingerprint density at radius 2 is 2.22 bits per heavy atom. The maximum Gasteiger partial charge on any atom is 0.328 e. The minimum Gasteiger partial charge on any atom is -0.503 e. The second-order valence-corrected chi connectivity index (χ2v) is 3.26. The van der Waals surface area contributed by atoms with Crippen molar-refractivity contribution in [2.24, 2.45) is 0 Å². The van der Waals surface area contributed by atoms with Crippen LogP contribution in [0.5, 0.6) is 11.5 Å². The van der Waals surface area contributed by atoms with E-state index in [-0.39, 0.29) is 11.4 Å². The van der Waals surface area contributed by atoms with Crippen LogP contribution in [-0.2, 0) is 4.79 Å². The van der Waals surface area contributed by atoms with Gasteiger partial charge in [0.15, 0.2) is 23.2 Å². The van der Waals surface area contributed by atoms with Gasteiger partial charge in [-0.1, -0.05) is 0 Å². The maximum atomic E-state index is 11.6. The van der Waals surface area contributed by atoms with E-state index in [2.05, 4.69) is 4.98 Å². The van der Waals surface area contributed by atoms with Crippen LogP contribution in [0.15, 0.2) is 12.3 Å². The standard InChI is InChI=1S/C10H12N2O6/c1-18-6-2-3-11-7(8(6)14)9(15)12-5(4-13)10(16)17/h2-3,5,13-14H,4H2,1H3,(H,12,15)(H,16,17)/t5-/m0/s1. The number of methoxy groups -OCH3 is 1. The summed E-state index contributed by atoms with van der Waals surface area (Å²) >= 11 is 0. The Hall–Kier alpha value is -2.35. The lowest BCUT2D eigenvalue weighted by atomic mass is 10.2. The van der Waals surface area contributed by atoms with Crippen molar-refractivity contribution in [2.75, 3.05) is 13.7 Å². The highest BCUT2D eigenvalue weighted by atomic mass is 16.5. The van der Waals surface area contributed by atoms with Gasteiger partial charge in [-0.25, -0.2) is 9.78 Å². The summed E-state index contributed by atoms with van der Waals surface area (Å²) in [6.45, 7) is -0.772. The fourth-order valence-electron chi connectivity index (χ4n) is 1.18. The van der Waals surface area contributed by atoms with E-state index in [0.717, 1.165) is 0 Å². The molecule has 0 aromatic carbocycles. The van der Waals surface area contributed by atoms with E-state index >= 15 is 0 Å². The molecule has 1 aromatic heterocycles. The molecule has 0 saturated carbocycles. The number of aromatic nitrogens is 1. The molecule has 0 aliphatic rings. The largest absolute Gasteiger partial charge is 0.503 e. The van der Waals surface area contributed by atoms with E-state index in [1.807, 2.05) is 5.32 Å². The Bertz CT molecular complexity index is 462. The average molecular weight is 256 g/mol. The SMILES string of the molecule is COc1ccnc(C(=O)N[C@@H](CO)C(=O)O)c1O. The van der Waals surface area contributed by atoms with Crippen molar-refractivity contribution in [1.29, 1.82) is 0 Å². The van der Waals surface area contributed by atoms with Crippen molar-refractivity contribution in [3.8, 4) is 11.5 Å².